The lowest BCUT2D eigenvalue weighted by molar-refractivity contribution is -0.0371. The second-order valence-electron chi connectivity index (χ2n) is 8.42. The summed E-state index contributed by atoms with van der Waals surface area (Å²) in [5.41, 5.74) is -1.03. The zero-order valence-electron chi connectivity index (χ0n) is 17.8. The van der Waals surface area contributed by atoms with Crippen LogP contribution < -0.4 is 4.74 Å². The van der Waals surface area contributed by atoms with E-state index in [2.05, 4.69) is 0 Å². The summed E-state index contributed by atoms with van der Waals surface area (Å²) in [5.74, 6) is 0.386. The summed E-state index contributed by atoms with van der Waals surface area (Å²) in [5, 5.41) is 11.4. The van der Waals surface area contributed by atoms with Crippen molar-refractivity contribution in [3.63, 3.8) is 0 Å². The van der Waals surface area contributed by atoms with Crippen LogP contribution in [-0.2, 0) is 10.3 Å². The van der Waals surface area contributed by atoms with Gasteiger partial charge in [0.25, 0.3) is 0 Å². The third-order valence-electron chi connectivity index (χ3n) is 4.97. The summed E-state index contributed by atoms with van der Waals surface area (Å²) in [7, 11) is 1.60. The molecule has 1 aliphatic heterocycles. The molecule has 0 aromatic heterocycles. The maximum absolute atomic E-state index is 14.0. The van der Waals surface area contributed by atoms with Crippen LogP contribution in [-0.4, -0.2) is 41.9 Å². The summed E-state index contributed by atoms with van der Waals surface area (Å²) in [6, 6.07) is 11.9. The van der Waals surface area contributed by atoms with Crippen LogP contribution >= 0.6 is 11.8 Å². The van der Waals surface area contributed by atoms with Gasteiger partial charge in [-0.1, -0.05) is 17.8 Å². The highest BCUT2D eigenvalue weighted by atomic mass is 32.2. The fourth-order valence-electron chi connectivity index (χ4n) is 3.39. The van der Waals surface area contributed by atoms with Crippen molar-refractivity contribution in [3.8, 4) is 5.75 Å². The normalized spacial score (nSPS) is 16.3. The number of likely N-dealkylation sites (tertiary alicyclic amines) is 1. The number of hydrogen-bond acceptors (Lipinski definition) is 5. The number of benzene rings is 2. The number of nitrogens with zero attached hydrogens (tertiary/aromatic N) is 1. The summed E-state index contributed by atoms with van der Waals surface area (Å²) in [4.78, 5) is 15.5. The molecule has 30 heavy (non-hydrogen) atoms. The van der Waals surface area contributed by atoms with E-state index in [9.17, 15) is 14.3 Å². The number of rotatable bonds is 4. The average Bonchev–Trinajstić information content (AvgIpc) is 2.67. The van der Waals surface area contributed by atoms with Crippen molar-refractivity contribution in [2.24, 2.45) is 0 Å². The number of carbonyl (C=O) groups is 1. The topological polar surface area (TPSA) is 59.0 Å². The molecule has 0 radical (unpaired) electrons. The number of methoxy groups -OCH3 is 1. The Balaban J connectivity index is 1.77. The minimum absolute atomic E-state index is 0.355. The third kappa shape index (κ3) is 5.46. The monoisotopic (exact) mass is 433 g/mol. The van der Waals surface area contributed by atoms with Gasteiger partial charge in [0.2, 0.25) is 0 Å². The Morgan fingerprint density at radius 2 is 1.77 bits per heavy atom. The van der Waals surface area contributed by atoms with Crippen LogP contribution in [0.2, 0.25) is 0 Å². The van der Waals surface area contributed by atoms with Crippen molar-refractivity contribution in [2.75, 3.05) is 20.2 Å². The molecule has 0 saturated carbocycles. The molecule has 1 heterocycles. The highest BCUT2D eigenvalue weighted by Crippen LogP contribution is 2.41. The van der Waals surface area contributed by atoms with Crippen molar-refractivity contribution in [1.82, 2.24) is 4.90 Å². The molecule has 3 rings (SSSR count). The van der Waals surface area contributed by atoms with E-state index >= 15 is 0 Å². The van der Waals surface area contributed by atoms with Crippen LogP contribution in [0.1, 0.15) is 39.2 Å². The maximum atomic E-state index is 14.0. The molecule has 5 nitrogen and oxygen atoms in total. The molecule has 2 aromatic rings. The minimum atomic E-state index is -1.14. The number of amides is 1. The molecular weight excluding hydrogens is 405 g/mol. The molecule has 0 bridgehead atoms. The van der Waals surface area contributed by atoms with Gasteiger partial charge in [-0.25, -0.2) is 9.18 Å². The van der Waals surface area contributed by atoms with Crippen LogP contribution in [0, 0.1) is 5.82 Å². The molecule has 0 unspecified atom stereocenters. The van der Waals surface area contributed by atoms with E-state index in [1.54, 1.807) is 18.1 Å². The average molecular weight is 434 g/mol. The Labute approximate surface area is 181 Å². The molecule has 0 spiro atoms. The second kappa shape index (κ2) is 8.86. The van der Waals surface area contributed by atoms with E-state index in [1.165, 1.54) is 23.9 Å². The van der Waals surface area contributed by atoms with Crippen LogP contribution in [0.3, 0.4) is 0 Å². The van der Waals surface area contributed by atoms with Gasteiger partial charge in [-0.15, -0.1) is 0 Å². The van der Waals surface area contributed by atoms with Crippen molar-refractivity contribution in [2.45, 2.75) is 54.6 Å². The zero-order valence-corrected chi connectivity index (χ0v) is 18.6. The number of aliphatic hydroxyl groups is 1. The van der Waals surface area contributed by atoms with Gasteiger partial charge in [0.15, 0.2) is 0 Å². The first-order valence-corrected chi connectivity index (χ1v) is 10.7. The number of piperidine rings is 1. The van der Waals surface area contributed by atoms with E-state index in [4.69, 9.17) is 9.47 Å². The quantitative estimate of drug-likeness (QED) is 0.718. The Hall–Kier alpha value is -2.25. The van der Waals surface area contributed by atoms with E-state index in [0.717, 1.165) is 10.6 Å². The van der Waals surface area contributed by atoms with Crippen LogP contribution in [0.25, 0.3) is 0 Å². The summed E-state index contributed by atoms with van der Waals surface area (Å²) in [6.07, 6.45) is 0.332. The molecule has 1 fully saturated rings. The molecule has 1 saturated heterocycles. The zero-order chi connectivity index (χ0) is 21.9. The number of halogens is 1. The molecule has 7 heteroatoms. The highest BCUT2D eigenvalue weighted by molar-refractivity contribution is 7.99. The highest BCUT2D eigenvalue weighted by Gasteiger charge is 2.38. The van der Waals surface area contributed by atoms with Crippen LogP contribution in [0.5, 0.6) is 5.75 Å². The summed E-state index contributed by atoms with van der Waals surface area (Å²) in [6.45, 7) is 6.22. The molecule has 1 N–H and O–H groups in total. The van der Waals surface area contributed by atoms with E-state index in [0.29, 0.717) is 36.4 Å². The Kier molecular flexibility index (Phi) is 6.62. The van der Waals surface area contributed by atoms with Gasteiger partial charge in [0.05, 0.1) is 12.7 Å². The molecule has 0 atom stereocenters. The van der Waals surface area contributed by atoms with E-state index in [-0.39, 0.29) is 11.9 Å². The van der Waals surface area contributed by atoms with Gasteiger partial charge in [-0.05, 0) is 75.6 Å². The molecule has 1 aliphatic rings. The molecular formula is C23H28FNO4S. The largest absolute Gasteiger partial charge is 0.497 e. The smallest absolute Gasteiger partial charge is 0.410 e. The van der Waals surface area contributed by atoms with Crippen LogP contribution in [0.15, 0.2) is 52.3 Å². The second-order valence-corrected chi connectivity index (χ2v) is 9.53. The summed E-state index contributed by atoms with van der Waals surface area (Å²) < 4.78 is 24.6. The number of hydrogen-bond donors (Lipinski definition) is 1. The van der Waals surface area contributed by atoms with Crippen molar-refractivity contribution in [3.05, 3.63) is 53.8 Å². The lowest BCUT2D eigenvalue weighted by Crippen LogP contribution is -2.47. The first-order valence-electron chi connectivity index (χ1n) is 9.92. The van der Waals surface area contributed by atoms with E-state index in [1.807, 2.05) is 45.0 Å². The number of carbonyl (C=O) groups excluding carboxylic acids is 1. The predicted molar refractivity (Wildman–Crippen MR) is 114 cm³/mol. The molecule has 0 aliphatic carbocycles. The van der Waals surface area contributed by atoms with Crippen molar-refractivity contribution in [1.29, 1.82) is 0 Å². The minimum Gasteiger partial charge on any atom is -0.497 e. The molecule has 1 amide bonds. The van der Waals surface area contributed by atoms with E-state index < -0.39 is 11.2 Å². The number of ether oxygens (including phenoxy) is 2. The molecule has 162 valence electrons. The van der Waals surface area contributed by atoms with Crippen LogP contribution in [0.4, 0.5) is 9.18 Å². The standard InChI is InChI=1S/C23H28FNO4S/c1-22(2,3)29-21(26)25-13-11-23(27,12-14-25)19-10-5-16(24)15-20(19)30-18-8-6-17(28-4)7-9-18/h5-10,15,27H,11-14H2,1-4H3. The Morgan fingerprint density at radius 3 is 2.33 bits per heavy atom. The fraction of sp³-hybridized carbons (Fsp3) is 0.435. The molecule has 2 aromatic carbocycles. The van der Waals surface area contributed by atoms with Gasteiger partial charge in [0.1, 0.15) is 17.2 Å². The summed E-state index contributed by atoms with van der Waals surface area (Å²) >= 11 is 1.39. The van der Waals surface area contributed by atoms with Crippen molar-refractivity contribution < 1.29 is 23.8 Å². The Bertz CT molecular complexity index is 887. The van der Waals surface area contributed by atoms with Gasteiger partial charge >= 0.3 is 6.09 Å². The predicted octanol–water partition coefficient (Wildman–Crippen LogP) is 5.20. The van der Waals surface area contributed by atoms with Gasteiger partial charge < -0.3 is 19.5 Å². The Morgan fingerprint density at radius 1 is 1.13 bits per heavy atom. The first kappa shape index (κ1) is 22.4. The fourth-order valence-corrected chi connectivity index (χ4v) is 4.46. The maximum Gasteiger partial charge on any atom is 0.410 e. The lowest BCUT2D eigenvalue weighted by atomic mass is 9.84. The third-order valence-corrected chi connectivity index (χ3v) is 6.04. The SMILES string of the molecule is COc1ccc(Sc2cc(F)ccc2C2(O)CCN(C(=O)OC(C)(C)C)CC2)cc1. The first-order chi connectivity index (χ1) is 14.1. The van der Waals surface area contributed by atoms with Crippen molar-refractivity contribution >= 4 is 17.9 Å². The van der Waals surface area contributed by atoms with Gasteiger partial charge in [-0.3, -0.25) is 0 Å². The van der Waals surface area contributed by atoms with Gasteiger partial charge in [-0.2, -0.15) is 0 Å². The lowest BCUT2D eigenvalue weighted by Gasteiger charge is -2.39. The van der Waals surface area contributed by atoms with Gasteiger partial charge in [0, 0.05) is 22.9 Å².